The largest absolute Gasteiger partial charge is 0.507 e. The minimum absolute atomic E-state index is 0.0292. The smallest absolute Gasteiger partial charge is 0.296 e. The highest BCUT2D eigenvalue weighted by atomic mass is 16.3. The number of carbonyl (C=O) groups excluding carboxylic acids is 2. The maximum Gasteiger partial charge on any atom is 0.296 e. The van der Waals surface area contributed by atoms with Gasteiger partial charge in [-0.1, -0.05) is 75.4 Å². The molecule has 0 saturated carbocycles. The number of hydrogen-bond acceptors (Lipinski definition) is 4. The Morgan fingerprint density at radius 1 is 0.968 bits per heavy atom. The molecule has 31 heavy (non-hydrogen) atoms. The molecule has 0 radical (unpaired) electrons. The summed E-state index contributed by atoms with van der Waals surface area (Å²) in [6.07, 6.45) is 1.53. The molecule has 158 valence electrons. The number of nitrogens with zero attached hydrogens (tertiary/aromatic N) is 1. The van der Waals surface area contributed by atoms with Gasteiger partial charge in [0, 0.05) is 5.56 Å². The monoisotopic (exact) mass is 415 g/mol. The van der Waals surface area contributed by atoms with E-state index in [0.717, 1.165) is 11.1 Å². The van der Waals surface area contributed by atoms with Gasteiger partial charge in [-0.25, -0.2) is 0 Å². The van der Waals surface area contributed by atoms with Gasteiger partial charge in [0.25, 0.3) is 11.7 Å². The fourth-order valence-corrected chi connectivity index (χ4v) is 3.88. The first-order valence-corrected chi connectivity index (χ1v) is 10.2. The van der Waals surface area contributed by atoms with Crippen LogP contribution in [0.2, 0.25) is 0 Å². The molecule has 0 aliphatic carbocycles. The summed E-state index contributed by atoms with van der Waals surface area (Å²) in [6, 6.07) is 19.5. The van der Waals surface area contributed by atoms with Gasteiger partial charge in [-0.2, -0.15) is 0 Å². The first-order chi connectivity index (χ1) is 14.8. The number of aliphatic hydroxyl groups excluding tert-OH is 1. The lowest BCUT2D eigenvalue weighted by Gasteiger charge is -2.26. The van der Waals surface area contributed by atoms with Gasteiger partial charge in [-0.05, 0) is 28.7 Å². The standard InChI is InChI=1S/C26H25NO4/c1-26(2,3)19-13-11-17(12-14-19)22-21(23(28)18-8-5-4-6-9-18)24(29)25(30)27(22)16-20-10-7-15-31-20/h4-15,22,28H,16H2,1-3H3/t22-/m1/s1. The van der Waals surface area contributed by atoms with Crippen molar-refractivity contribution in [3.63, 3.8) is 0 Å². The van der Waals surface area contributed by atoms with Crippen LogP contribution in [0.4, 0.5) is 0 Å². The summed E-state index contributed by atoms with van der Waals surface area (Å²) in [5, 5.41) is 11.0. The Morgan fingerprint density at radius 2 is 1.65 bits per heavy atom. The number of Topliss-reactive ketones (excluding diaryl/α,β-unsaturated/α-hetero) is 1. The number of benzene rings is 2. The summed E-state index contributed by atoms with van der Waals surface area (Å²) in [5.41, 5.74) is 2.46. The number of rotatable bonds is 4. The van der Waals surface area contributed by atoms with Gasteiger partial charge in [-0.15, -0.1) is 0 Å². The van der Waals surface area contributed by atoms with E-state index in [4.69, 9.17) is 4.42 Å². The van der Waals surface area contributed by atoms with E-state index in [1.165, 1.54) is 11.2 Å². The maximum absolute atomic E-state index is 13.0. The molecule has 4 rings (SSSR count). The lowest BCUT2D eigenvalue weighted by Crippen LogP contribution is -2.29. The topological polar surface area (TPSA) is 70.8 Å². The Balaban J connectivity index is 1.85. The highest BCUT2D eigenvalue weighted by Gasteiger charge is 2.46. The molecule has 1 fully saturated rings. The van der Waals surface area contributed by atoms with Crippen molar-refractivity contribution in [2.24, 2.45) is 0 Å². The quantitative estimate of drug-likeness (QED) is 0.361. The summed E-state index contributed by atoms with van der Waals surface area (Å²) in [6.45, 7) is 6.51. The van der Waals surface area contributed by atoms with E-state index in [9.17, 15) is 14.7 Å². The van der Waals surface area contributed by atoms with Crippen molar-refractivity contribution in [1.29, 1.82) is 0 Å². The van der Waals surface area contributed by atoms with E-state index in [2.05, 4.69) is 20.8 Å². The summed E-state index contributed by atoms with van der Waals surface area (Å²) < 4.78 is 5.42. The molecular weight excluding hydrogens is 390 g/mol. The Labute approximate surface area is 181 Å². The molecular formula is C26H25NO4. The third kappa shape index (κ3) is 3.91. The minimum atomic E-state index is -0.709. The first kappa shape index (κ1) is 20.7. The summed E-state index contributed by atoms with van der Waals surface area (Å²) in [4.78, 5) is 27.5. The highest BCUT2D eigenvalue weighted by Crippen LogP contribution is 2.40. The van der Waals surface area contributed by atoms with Crippen LogP contribution in [-0.2, 0) is 21.5 Å². The number of likely N-dealkylation sites (tertiary alicyclic amines) is 1. The van der Waals surface area contributed by atoms with E-state index in [1.54, 1.807) is 36.4 Å². The van der Waals surface area contributed by atoms with Gasteiger partial charge < -0.3 is 14.4 Å². The van der Waals surface area contributed by atoms with Gasteiger partial charge in [0.05, 0.1) is 24.4 Å². The first-order valence-electron chi connectivity index (χ1n) is 10.2. The van der Waals surface area contributed by atoms with Gasteiger partial charge in [-0.3, -0.25) is 9.59 Å². The normalized spacial score (nSPS) is 18.5. The summed E-state index contributed by atoms with van der Waals surface area (Å²) in [5.74, 6) is -0.958. The van der Waals surface area contributed by atoms with Crippen LogP contribution in [0.15, 0.2) is 83.0 Å². The number of hydrogen-bond donors (Lipinski definition) is 1. The van der Waals surface area contributed by atoms with Crippen molar-refractivity contribution in [2.45, 2.75) is 38.8 Å². The molecule has 2 aromatic carbocycles. The fraction of sp³-hybridized carbons (Fsp3) is 0.231. The Bertz CT molecular complexity index is 1120. The average Bonchev–Trinajstić information content (AvgIpc) is 3.36. The molecule has 1 atom stereocenters. The zero-order valence-electron chi connectivity index (χ0n) is 17.8. The zero-order valence-corrected chi connectivity index (χ0v) is 17.8. The second kappa shape index (κ2) is 7.91. The van der Waals surface area contributed by atoms with Crippen LogP contribution >= 0.6 is 0 Å². The second-order valence-electron chi connectivity index (χ2n) is 8.74. The average molecular weight is 415 g/mol. The van der Waals surface area contributed by atoms with Crippen LogP contribution in [0.3, 0.4) is 0 Å². The molecule has 1 saturated heterocycles. The molecule has 5 nitrogen and oxygen atoms in total. The molecule has 2 heterocycles. The van der Waals surface area contributed by atoms with E-state index >= 15 is 0 Å². The van der Waals surface area contributed by atoms with Crippen molar-refractivity contribution < 1.29 is 19.1 Å². The molecule has 1 aliphatic heterocycles. The van der Waals surface area contributed by atoms with Gasteiger partial charge in [0.15, 0.2) is 0 Å². The van der Waals surface area contributed by atoms with Crippen molar-refractivity contribution in [2.75, 3.05) is 0 Å². The Kier molecular flexibility index (Phi) is 5.27. The number of ketones is 1. The number of amides is 1. The van der Waals surface area contributed by atoms with Crippen LogP contribution in [0.1, 0.15) is 49.3 Å². The zero-order chi connectivity index (χ0) is 22.2. The summed E-state index contributed by atoms with van der Waals surface area (Å²) in [7, 11) is 0. The number of carbonyl (C=O) groups is 2. The van der Waals surface area contributed by atoms with Crippen LogP contribution in [0, 0.1) is 0 Å². The van der Waals surface area contributed by atoms with Gasteiger partial charge in [0.2, 0.25) is 0 Å². The fourth-order valence-electron chi connectivity index (χ4n) is 3.88. The minimum Gasteiger partial charge on any atom is -0.507 e. The van der Waals surface area contributed by atoms with Crippen molar-refractivity contribution in [3.8, 4) is 0 Å². The number of aliphatic hydroxyl groups is 1. The Hall–Kier alpha value is -3.60. The van der Waals surface area contributed by atoms with Crippen molar-refractivity contribution >= 4 is 17.4 Å². The van der Waals surface area contributed by atoms with Crippen LogP contribution < -0.4 is 0 Å². The van der Waals surface area contributed by atoms with Gasteiger partial charge in [0.1, 0.15) is 11.5 Å². The molecule has 0 bridgehead atoms. The predicted octanol–water partition coefficient (Wildman–Crippen LogP) is 5.20. The summed E-state index contributed by atoms with van der Waals surface area (Å²) >= 11 is 0. The van der Waals surface area contributed by atoms with Crippen LogP contribution in [0.5, 0.6) is 0 Å². The molecule has 1 amide bonds. The Morgan fingerprint density at radius 3 is 2.23 bits per heavy atom. The van der Waals surface area contributed by atoms with E-state index in [0.29, 0.717) is 11.3 Å². The third-order valence-electron chi connectivity index (χ3n) is 5.59. The highest BCUT2D eigenvalue weighted by molar-refractivity contribution is 6.46. The van der Waals surface area contributed by atoms with Crippen molar-refractivity contribution in [3.05, 3.63) is 101 Å². The van der Waals surface area contributed by atoms with Crippen LogP contribution in [-0.4, -0.2) is 21.7 Å². The lowest BCUT2D eigenvalue weighted by molar-refractivity contribution is -0.140. The molecule has 0 spiro atoms. The maximum atomic E-state index is 13.0. The van der Waals surface area contributed by atoms with E-state index in [-0.39, 0.29) is 23.3 Å². The predicted molar refractivity (Wildman–Crippen MR) is 118 cm³/mol. The third-order valence-corrected chi connectivity index (χ3v) is 5.59. The molecule has 1 aliphatic rings. The van der Waals surface area contributed by atoms with Crippen molar-refractivity contribution in [1.82, 2.24) is 4.90 Å². The number of furan rings is 1. The molecule has 5 heteroatoms. The van der Waals surface area contributed by atoms with E-state index < -0.39 is 17.7 Å². The SMILES string of the molecule is CC(C)(C)c1ccc([C@@H]2C(=C(O)c3ccccc3)C(=O)C(=O)N2Cc2ccco2)cc1. The molecule has 3 aromatic rings. The van der Waals surface area contributed by atoms with Gasteiger partial charge >= 0.3 is 0 Å². The second-order valence-corrected chi connectivity index (χ2v) is 8.74. The molecule has 0 unspecified atom stereocenters. The van der Waals surface area contributed by atoms with Crippen LogP contribution in [0.25, 0.3) is 5.76 Å². The molecule has 1 aromatic heterocycles. The molecule has 1 N–H and O–H groups in total. The van der Waals surface area contributed by atoms with E-state index in [1.807, 2.05) is 30.3 Å². The lowest BCUT2D eigenvalue weighted by atomic mass is 9.85.